The maximum absolute atomic E-state index is 14.5. The Morgan fingerprint density at radius 1 is 0.854 bits per heavy atom. The van der Waals surface area contributed by atoms with Gasteiger partial charge in [0.05, 0.1) is 19.6 Å². The van der Waals surface area contributed by atoms with Gasteiger partial charge >= 0.3 is 0 Å². The largest absolute Gasteiger partial charge is 0.496 e. The molecule has 248 valence electrons. The monoisotopic (exact) mass is 643 g/mol. The van der Waals surface area contributed by atoms with E-state index in [1.54, 1.807) is 7.11 Å². The molecule has 2 heterocycles. The molecular formula is C41H45N3O4. The molecule has 4 aromatic carbocycles. The molecule has 2 fully saturated rings. The first-order valence-corrected chi connectivity index (χ1v) is 16.9. The van der Waals surface area contributed by atoms with Crippen LogP contribution in [0.15, 0.2) is 115 Å². The fourth-order valence-corrected chi connectivity index (χ4v) is 8.70. The molecule has 4 atom stereocenters. The lowest BCUT2D eigenvalue weighted by atomic mass is 9.51. The van der Waals surface area contributed by atoms with Gasteiger partial charge in [0.25, 0.3) is 0 Å². The number of hydrogen-bond acceptors (Lipinski definition) is 5. The zero-order valence-corrected chi connectivity index (χ0v) is 28.0. The molecule has 1 aliphatic heterocycles. The molecular weight excluding hydrogens is 598 g/mol. The van der Waals surface area contributed by atoms with Gasteiger partial charge in [-0.2, -0.15) is 0 Å². The molecule has 7 nitrogen and oxygen atoms in total. The number of aliphatic hydroxyl groups excluding tert-OH is 1. The number of likely N-dealkylation sites (tertiary alicyclic amines) is 1. The molecule has 2 aliphatic rings. The van der Waals surface area contributed by atoms with Crippen LogP contribution in [0.3, 0.4) is 0 Å². The van der Waals surface area contributed by atoms with Crippen LogP contribution in [0.2, 0.25) is 0 Å². The molecule has 7 heteroatoms. The number of aromatic nitrogens is 1. The number of hydrogen-bond donors (Lipinski definition) is 2. The minimum atomic E-state index is -1.64. The molecule has 1 saturated heterocycles. The average Bonchev–Trinajstić information content (AvgIpc) is 3.73. The molecule has 1 aliphatic carbocycles. The lowest BCUT2D eigenvalue weighted by molar-refractivity contribution is -0.168. The van der Waals surface area contributed by atoms with Gasteiger partial charge in [0, 0.05) is 60.2 Å². The number of methoxy groups -OCH3 is 1. The Morgan fingerprint density at radius 2 is 1.46 bits per heavy atom. The smallest absolute Gasteiger partial charge is 0.227 e. The number of aliphatic hydroxyl groups is 2. The van der Waals surface area contributed by atoms with E-state index < -0.39 is 23.0 Å². The quantitative estimate of drug-likeness (QED) is 0.223. The first-order valence-electron chi connectivity index (χ1n) is 16.9. The summed E-state index contributed by atoms with van der Waals surface area (Å²) in [6.07, 6.45) is 1.55. The third-order valence-corrected chi connectivity index (χ3v) is 11.0. The Hall–Kier alpha value is -4.43. The van der Waals surface area contributed by atoms with Crippen molar-refractivity contribution in [1.29, 1.82) is 0 Å². The summed E-state index contributed by atoms with van der Waals surface area (Å²) in [5.74, 6) is -0.110. The average molecular weight is 644 g/mol. The van der Waals surface area contributed by atoms with E-state index in [0.29, 0.717) is 24.4 Å². The van der Waals surface area contributed by atoms with Crippen LogP contribution >= 0.6 is 0 Å². The van der Waals surface area contributed by atoms with E-state index in [2.05, 4.69) is 66.2 Å². The highest BCUT2D eigenvalue weighted by atomic mass is 16.5. The highest BCUT2D eigenvalue weighted by molar-refractivity contribution is 5.89. The summed E-state index contributed by atoms with van der Waals surface area (Å²) in [7, 11) is 5.72. The van der Waals surface area contributed by atoms with Crippen LogP contribution in [0.4, 0.5) is 0 Å². The summed E-state index contributed by atoms with van der Waals surface area (Å²) in [5.41, 5.74) is 2.55. The molecule has 5 aromatic rings. The van der Waals surface area contributed by atoms with Crippen LogP contribution in [0.1, 0.15) is 28.7 Å². The van der Waals surface area contributed by atoms with E-state index in [1.807, 2.05) is 77.7 Å². The molecule has 2 N–H and O–H groups in total. The molecule has 1 saturated carbocycles. The Kier molecular flexibility index (Phi) is 8.62. The van der Waals surface area contributed by atoms with Crippen LogP contribution in [-0.4, -0.2) is 77.4 Å². The maximum atomic E-state index is 14.5. The van der Waals surface area contributed by atoms with Gasteiger partial charge in [-0.05, 0) is 55.3 Å². The number of amides is 1. The summed E-state index contributed by atoms with van der Waals surface area (Å²) in [5, 5.41) is 26.2. The van der Waals surface area contributed by atoms with Gasteiger partial charge in [0.1, 0.15) is 11.4 Å². The fourth-order valence-electron chi connectivity index (χ4n) is 8.70. The summed E-state index contributed by atoms with van der Waals surface area (Å²) in [4.78, 5) is 18.5. The second kappa shape index (κ2) is 12.9. The first kappa shape index (κ1) is 32.1. The van der Waals surface area contributed by atoms with Crippen molar-refractivity contribution in [3.05, 3.63) is 138 Å². The number of carbonyl (C=O) groups excluding carboxylic acids is 1. The highest BCUT2D eigenvalue weighted by Gasteiger charge is 2.64. The molecule has 0 spiro atoms. The molecule has 1 amide bonds. The SMILES string of the molecule is COc1ccccc1C1(O)C(O)CC(c2ccccc2)(c2ccccc2)C2CN(C(=O)Cc3cn(CCN(C)C)c4ccccc34)CC21. The van der Waals surface area contributed by atoms with Gasteiger partial charge in [-0.25, -0.2) is 0 Å². The van der Waals surface area contributed by atoms with Gasteiger partial charge in [-0.1, -0.05) is 97.1 Å². The van der Waals surface area contributed by atoms with Crippen LogP contribution in [0.5, 0.6) is 5.75 Å². The minimum Gasteiger partial charge on any atom is -0.496 e. The number of fused-ring (bicyclic) bond motifs is 2. The van der Waals surface area contributed by atoms with Crippen molar-refractivity contribution in [2.75, 3.05) is 40.8 Å². The molecule has 4 unspecified atom stereocenters. The minimum absolute atomic E-state index is 0.0202. The standard InChI is InChI=1S/C41H45N3O4/c1-42(2)22-23-43-26-29(32-18-10-12-20-36(32)43)24-39(46)44-27-34-35(28-44)41(47,33-19-11-13-21-37(33)48-3)38(45)25-40(34,30-14-6-4-7-15-30)31-16-8-5-9-17-31/h4-21,26,34-35,38,45,47H,22-25,27-28H2,1-3H3. The van der Waals surface area contributed by atoms with Crippen LogP contribution in [-0.2, 0) is 28.8 Å². The lowest BCUT2D eigenvalue weighted by Gasteiger charge is -2.55. The van der Waals surface area contributed by atoms with E-state index in [9.17, 15) is 15.0 Å². The van der Waals surface area contributed by atoms with Crippen molar-refractivity contribution in [1.82, 2.24) is 14.4 Å². The Bertz CT molecular complexity index is 1850. The lowest BCUT2D eigenvalue weighted by Crippen LogP contribution is -2.60. The summed E-state index contributed by atoms with van der Waals surface area (Å²) in [6.45, 7) is 2.50. The molecule has 0 bridgehead atoms. The Labute approximate surface area is 283 Å². The van der Waals surface area contributed by atoms with Gasteiger partial charge in [0.15, 0.2) is 0 Å². The van der Waals surface area contributed by atoms with Crippen LogP contribution in [0, 0.1) is 11.8 Å². The van der Waals surface area contributed by atoms with Crippen LogP contribution < -0.4 is 4.74 Å². The second-order valence-corrected chi connectivity index (χ2v) is 13.8. The van der Waals surface area contributed by atoms with E-state index in [-0.39, 0.29) is 24.7 Å². The number of ether oxygens (including phenoxy) is 1. The van der Waals surface area contributed by atoms with Crippen molar-refractivity contribution in [2.24, 2.45) is 11.8 Å². The van der Waals surface area contributed by atoms with Crippen molar-refractivity contribution >= 4 is 16.8 Å². The van der Waals surface area contributed by atoms with Crippen LogP contribution in [0.25, 0.3) is 10.9 Å². The molecule has 0 radical (unpaired) electrons. The van der Waals surface area contributed by atoms with Crippen molar-refractivity contribution in [3.8, 4) is 5.75 Å². The number of carbonyl (C=O) groups is 1. The van der Waals surface area contributed by atoms with E-state index >= 15 is 0 Å². The Balaban J connectivity index is 1.32. The zero-order chi connectivity index (χ0) is 33.5. The topological polar surface area (TPSA) is 78.2 Å². The predicted octanol–water partition coefficient (Wildman–Crippen LogP) is 5.47. The van der Waals surface area contributed by atoms with Crippen molar-refractivity contribution in [2.45, 2.75) is 36.5 Å². The summed E-state index contributed by atoms with van der Waals surface area (Å²) in [6, 6.07) is 36.3. The Morgan fingerprint density at radius 3 is 2.12 bits per heavy atom. The number of nitrogens with zero attached hydrogens (tertiary/aromatic N) is 3. The highest BCUT2D eigenvalue weighted by Crippen LogP contribution is 2.60. The third kappa shape index (κ3) is 5.30. The van der Waals surface area contributed by atoms with Crippen molar-refractivity contribution < 1.29 is 19.7 Å². The van der Waals surface area contributed by atoms with E-state index in [1.165, 1.54) is 0 Å². The van der Waals surface area contributed by atoms with Crippen molar-refractivity contribution in [3.63, 3.8) is 0 Å². The second-order valence-electron chi connectivity index (χ2n) is 13.8. The zero-order valence-electron chi connectivity index (χ0n) is 28.0. The fraction of sp³-hybridized carbons (Fsp3) is 0.341. The number of likely N-dealkylation sites (N-methyl/N-ethyl adjacent to an activating group) is 1. The molecule has 7 rings (SSSR count). The molecule has 1 aromatic heterocycles. The third-order valence-electron chi connectivity index (χ3n) is 11.0. The number of rotatable bonds is 9. The normalized spacial score (nSPS) is 23.4. The molecule has 48 heavy (non-hydrogen) atoms. The van der Waals surface area contributed by atoms with Gasteiger partial charge in [0.2, 0.25) is 5.91 Å². The first-order chi connectivity index (χ1) is 23.3. The van der Waals surface area contributed by atoms with Gasteiger partial charge in [-0.3, -0.25) is 4.79 Å². The van der Waals surface area contributed by atoms with E-state index in [0.717, 1.165) is 40.7 Å². The summed E-state index contributed by atoms with van der Waals surface area (Å²) < 4.78 is 8.00. The van der Waals surface area contributed by atoms with Gasteiger partial charge < -0.3 is 29.3 Å². The van der Waals surface area contributed by atoms with E-state index in [4.69, 9.17) is 4.74 Å². The predicted molar refractivity (Wildman–Crippen MR) is 189 cm³/mol. The summed E-state index contributed by atoms with van der Waals surface area (Å²) >= 11 is 0. The van der Waals surface area contributed by atoms with Gasteiger partial charge in [-0.15, -0.1) is 0 Å². The number of para-hydroxylation sites is 2. The maximum Gasteiger partial charge on any atom is 0.227 e. The number of benzene rings is 4.